The van der Waals surface area contributed by atoms with Gasteiger partial charge < -0.3 is 10.6 Å². The predicted octanol–water partition coefficient (Wildman–Crippen LogP) is 2.12. The van der Waals surface area contributed by atoms with Gasteiger partial charge >= 0.3 is 6.03 Å². The van der Waals surface area contributed by atoms with Crippen LogP contribution in [0.1, 0.15) is 16.8 Å². The monoisotopic (exact) mass is 259 g/mol. The zero-order chi connectivity index (χ0) is 13.6. The zero-order valence-electron chi connectivity index (χ0n) is 10.6. The van der Waals surface area contributed by atoms with E-state index in [0.717, 1.165) is 27.7 Å². The third-order valence-electron chi connectivity index (χ3n) is 3.70. The number of hydrogen-bond donors (Lipinski definition) is 1. The average Bonchev–Trinajstić information content (AvgIpc) is 2.39. The molecule has 2 N–H and O–H groups in total. The Hall–Kier alpha value is -2.17. The summed E-state index contributed by atoms with van der Waals surface area (Å²) in [7, 11) is 0. The SMILES string of the molecule is Cc1c2c(nc3ccc(F)cc13)CCN(C(N)=O)C2. The van der Waals surface area contributed by atoms with Gasteiger partial charge in [0, 0.05) is 30.6 Å². The summed E-state index contributed by atoms with van der Waals surface area (Å²) >= 11 is 0. The smallest absolute Gasteiger partial charge is 0.315 e. The molecule has 1 aromatic carbocycles. The van der Waals surface area contributed by atoms with Gasteiger partial charge in [0.05, 0.1) is 5.52 Å². The molecule has 1 aliphatic rings. The molecule has 98 valence electrons. The maximum Gasteiger partial charge on any atom is 0.315 e. The van der Waals surface area contributed by atoms with Crippen LogP contribution in [0.5, 0.6) is 0 Å². The highest BCUT2D eigenvalue weighted by molar-refractivity contribution is 5.84. The molecule has 1 aromatic heterocycles. The number of rotatable bonds is 0. The zero-order valence-corrected chi connectivity index (χ0v) is 10.6. The fourth-order valence-corrected chi connectivity index (χ4v) is 2.61. The van der Waals surface area contributed by atoms with Gasteiger partial charge in [-0.1, -0.05) is 0 Å². The summed E-state index contributed by atoms with van der Waals surface area (Å²) in [6.45, 7) is 2.98. The number of nitrogens with zero attached hydrogens (tertiary/aromatic N) is 2. The molecular formula is C14H14FN3O. The van der Waals surface area contributed by atoms with Gasteiger partial charge in [-0.3, -0.25) is 4.98 Å². The molecule has 3 rings (SSSR count). The minimum absolute atomic E-state index is 0.278. The van der Waals surface area contributed by atoms with Gasteiger partial charge in [-0.05, 0) is 36.2 Å². The van der Waals surface area contributed by atoms with Crippen LogP contribution in [0.15, 0.2) is 18.2 Å². The number of amides is 2. The number of benzene rings is 1. The number of carbonyl (C=O) groups excluding carboxylic acids is 1. The second-order valence-electron chi connectivity index (χ2n) is 4.83. The largest absolute Gasteiger partial charge is 0.351 e. The summed E-state index contributed by atoms with van der Waals surface area (Å²) in [5, 5.41) is 0.796. The van der Waals surface area contributed by atoms with Crippen LogP contribution in [0.4, 0.5) is 9.18 Å². The lowest BCUT2D eigenvalue weighted by atomic mass is 9.97. The fraction of sp³-hybridized carbons (Fsp3) is 0.286. The van der Waals surface area contributed by atoms with Crippen LogP contribution in [-0.4, -0.2) is 22.5 Å². The van der Waals surface area contributed by atoms with Crippen molar-refractivity contribution in [2.75, 3.05) is 6.54 Å². The van der Waals surface area contributed by atoms with Gasteiger partial charge in [0.2, 0.25) is 0 Å². The minimum atomic E-state index is -0.426. The first-order valence-electron chi connectivity index (χ1n) is 6.18. The second kappa shape index (κ2) is 4.19. The third kappa shape index (κ3) is 1.91. The maximum atomic E-state index is 13.3. The van der Waals surface area contributed by atoms with E-state index in [1.807, 2.05) is 6.92 Å². The summed E-state index contributed by atoms with van der Waals surface area (Å²) in [5.41, 5.74) is 9.06. The molecule has 0 aliphatic carbocycles. The topological polar surface area (TPSA) is 59.2 Å². The number of pyridine rings is 1. The Kier molecular flexibility index (Phi) is 2.62. The van der Waals surface area contributed by atoms with E-state index >= 15 is 0 Å². The summed E-state index contributed by atoms with van der Waals surface area (Å²) in [6, 6.07) is 4.17. The highest BCUT2D eigenvalue weighted by atomic mass is 19.1. The Bertz CT molecular complexity index is 684. The highest BCUT2D eigenvalue weighted by Crippen LogP contribution is 2.27. The summed E-state index contributed by atoms with van der Waals surface area (Å²) in [6.07, 6.45) is 0.687. The second-order valence-corrected chi connectivity index (χ2v) is 4.83. The van der Waals surface area contributed by atoms with Gasteiger partial charge in [-0.2, -0.15) is 0 Å². The van der Waals surface area contributed by atoms with Crippen molar-refractivity contribution in [2.24, 2.45) is 5.73 Å². The van der Waals surface area contributed by atoms with Crippen LogP contribution in [0.3, 0.4) is 0 Å². The lowest BCUT2D eigenvalue weighted by molar-refractivity contribution is 0.201. The molecule has 0 atom stereocenters. The van der Waals surface area contributed by atoms with E-state index in [9.17, 15) is 9.18 Å². The normalized spacial score (nSPS) is 14.5. The summed E-state index contributed by atoms with van der Waals surface area (Å²) in [4.78, 5) is 17.4. The van der Waals surface area contributed by atoms with Crippen molar-refractivity contribution >= 4 is 16.9 Å². The van der Waals surface area contributed by atoms with Crippen molar-refractivity contribution in [1.82, 2.24) is 9.88 Å². The molecule has 0 spiro atoms. The van der Waals surface area contributed by atoms with E-state index in [0.29, 0.717) is 19.5 Å². The van der Waals surface area contributed by atoms with E-state index in [-0.39, 0.29) is 5.82 Å². The molecule has 2 amide bonds. The fourth-order valence-electron chi connectivity index (χ4n) is 2.61. The molecular weight excluding hydrogens is 245 g/mol. The van der Waals surface area contributed by atoms with E-state index < -0.39 is 6.03 Å². The Labute approximate surface area is 110 Å². The number of halogens is 1. The van der Waals surface area contributed by atoms with E-state index in [4.69, 9.17) is 5.73 Å². The molecule has 1 aliphatic heterocycles. The molecule has 0 radical (unpaired) electrons. The van der Waals surface area contributed by atoms with Crippen molar-refractivity contribution in [3.05, 3.63) is 40.8 Å². The first kappa shape index (κ1) is 11.9. The minimum Gasteiger partial charge on any atom is -0.351 e. The van der Waals surface area contributed by atoms with Crippen LogP contribution in [0, 0.1) is 12.7 Å². The van der Waals surface area contributed by atoms with E-state index in [1.54, 1.807) is 11.0 Å². The number of urea groups is 1. The van der Waals surface area contributed by atoms with Gasteiger partial charge in [0.15, 0.2) is 0 Å². The number of aromatic nitrogens is 1. The quantitative estimate of drug-likeness (QED) is 0.787. The highest BCUT2D eigenvalue weighted by Gasteiger charge is 2.22. The molecule has 0 unspecified atom stereocenters. The first-order chi connectivity index (χ1) is 9.06. The summed E-state index contributed by atoms with van der Waals surface area (Å²) < 4.78 is 13.3. The number of hydrogen-bond acceptors (Lipinski definition) is 2. The van der Waals surface area contributed by atoms with Gasteiger partial charge in [-0.15, -0.1) is 0 Å². The molecule has 5 heteroatoms. The van der Waals surface area contributed by atoms with Crippen molar-refractivity contribution < 1.29 is 9.18 Å². The predicted molar refractivity (Wildman–Crippen MR) is 70.1 cm³/mol. The molecule has 0 saturated carbocycles. The number of primary amides is 1. The lowest BCUT2D eigenvalue weighted by Gasteiger charge is -2.28. The molecule has 19 heavy (non-hydrogen) atoms. The maximum absolute atomic E-state index is 13.3. The van der Waals surface area contributed by atoms with Crippen molar-refractivity contribution in [1.29, 1.82) is 0 Å². The van der Waals surface area contributed by atoms with Crippen LogP contribution < -0.4 is 5.73 Å². The third-order valence-corrected chi connectivity index (χ3v) is 3.70. The van der Waals surface area contributed by atoms with Gasteiger partial charge in [0.1, 0.15) is 5.82 Å². The van der Waals surface area contributed by atoms with E-state index in [1.165, 1.54) is 12.1 Å². The number of fused-ring (bicyclic) bond motifs is 2. The van der Waals surface area contributed by atoms with Crippen molar-refractivity contribution in [3.63, 3.8) is 0 Å². The van der Waals surface area contributed by atoms with Crippen molar-refractivity contribution in [2.45, 2.75) is 19.9 Å². The standard InChI is InChI=1S/C14H14FN3O/c1-8-10-6-9(15)2-3-12(10)17-13-4-5-18(14(16)19)7-11(8)13/h2-3,6H,4-5,7H2,1H3,(H2,16,19). The number of aryl methyl sites for hydroxylation is 1. The lowest BCUT2D eigenvalue weighted by Crippen LogP contribution is -2.40. The Morgan fingerprint density at radius 1 is 1.47 bits per heavy atom. The average molecular weight is 259 g/mol. The molecule has 4 nitrogen and oxygen atoms in total. The number of carbonyl (C=O) groups is 1. The Morgan fingerprint density at radius 2 is 2.26 bits per heavy atom. The molecule has 0 bridgehead atoms. The number of nitrogens with two attached hydrogens (primary N) is 1. The molecule has 2 aromatic rings. The van der Waals surface area contributed by atoms with Crippen LogP contribution in [-0.2, 0) is 13.0 Å². The summed E-state index contributed by atoms with van der Waals surface area (Å²) in [5.74, 6) is -0.278. The van der Waals surface area contributed by atoms with Crippen molar-refractivity contribution in [3.8, 4) is 0 Å². The first-order valence-corrected chi connectivity index (χ1v) is 6.18. The van der Waals surface area contributed by atoms with Crippen LogP contribution >= 0.6 is 0 Å². The van der Waals surface area contributed by atoms with Gasteiger partial charge in [-0.25, -0.2) is 9.18 Å². The molecule has 0 saturated heterocycles. The van der Waals surface area contributed by atoms with E-state index in [2.05, 4.69) is 4.98 Å². The Balaban J connectivity index is 2.18. The van der Waals surface area contributed by atoms with Crippen LogP contribution in [0.25, 0.3) is 10.9 Å². The van der Waals surface area contributed by atoms with Gasteiger partial charge in [0.25, 0.3) is 0 Å². The molecule has 2 heterocycles. The Morgan fingerprint density at radius 3 is 3.00 bits per heavy atom. The molecule has 0 fully saturated rings. The van der Waals surface area contributed by atoms with Crippen LogP contribution in [0.2, 0.25) is 0 Å².